The normalized spacial score (nSPS) is 20.3. The van der Waals surface area contributed by atoms with Crippen molar-refractivity contribution in [3.05, 3.63) is 60.2 Å². The first-order chi connectivity index (χ1) is 18.4. The number of aromatic nitrogens is 2. The molecule has 0 aromatic carbocycles. The molecule has 0 bridgehead atoms. The van der Waals surface area contributed by atoms with Gasteiger partial charge in [0.15, 0.2) is 0 Å². The number of pyridine rings is 2. The molecule has 4 rings (SSSR count). The van der Waals surface area contributed by atoms with Crippen molar-refractivity contribution in [3.8, 4) is 0 Å². The third-order valence-electron chi connectivity index (χ3n) is 6.04. The minimum absolute atomic E-state index is 0. The van der Waals surface area contributed by atoms with Gasteiger partial charge in [-0.05, 0) is 63.0 Å². The van der Waals surface area contributed by atoms with Gasteiger partial charge in [-0.2, -0.15) is 43.2 Å². The van der Waals surface area contributed by atoms with Crippen LogP contribution in [-0.4, -0.2) is 81.9 Å². The molecule has 0 spiro atoms. The van der Waals surface area contributed by atoms with Gasteiger partial charge in [0.05, 0.1) is 11.4 Å². The molecule has 0 saturated carbocycles. The molecular weight excluding hydrogens is 649 g/mol. The summed E-state index contributed by atoms with van der Waals surface area (Å²) >= 11 is 0. The van der Waals surface area contributed by atoms with Crippen LogP contribution < -0.4 is 0 Å². The van der Waals surface area contributed by atoms with Crippen LogP contribution in [0.3, 0.4) is 0 Å². The van der Waals surface area contributed by atoms with E-state index in [0.29, 0.717) is 12.1 Å². The molecule has 2 aliphatic heterocycles. The van der Waals surface area contributed by atoms with E-state index < -0.39 is 31.3 Å². The molecule has 2 aromatic rings. The van der Waals surface area contributed by atoms with Crippen LogP contribution in [0.15, 0.2) is 48.8 Å². The van der Waals surface area contributed by atoms with E-state index in [1.807, 2.05) is 24.5 Å². The third-order valence-corrected chi connectivity index (χ3v) is 7.21. The minimum atomic E-state index is -5.84. The fourth-order valence-corrected chi connectivity index (χ4v) is 4.37. The van der Waals surface area contributed by atoms with Gasteiger partial charge < -0.3 is 0 Å². The second-order valence-electron chi connectivity index (χ2n) is 8.84. The number of hydrogen-bond donors (Lipinski definition) is 2. The largest absolute Gasteiger partial charge is 0.522 e. The van der Waals surface area contributed by atoms with E-state index in [2.05, 4.69) is 44.0 Å². The fraction of sp³-hybridized carbons (Fsp3) is 0.545. The molecule has 233 valence electrons. The maximum atomic E-state index is 10.7. The van der Waals surface area contributed by atoms with E-state index in [1.54, 1.807) is 0 Å². The molecule has 4 heterocycles. The molecular formula is C22H28F6MnN4O6S2. The SMILES string of the molecule is O=S(=O)(O)C(F)(F)F.O=S(=O)(O)C(F)(F)F.[Mn].c1ccc(CN2CCC[C@H]2[C@@H]2CCCN2Cc2ccccn2)nc1. The van der Waals surface area contributed by atoms with Gasteiger partial charge in [0.2, 0.25) is 0 Å². The quantitative estimate of drug-likeness (QED) is 0.207. The summed E-state index contributed by atoms with van der Waals surface area (Å²) in [6, 6.07) is 13.8. The zero-order valence-corrected chi connectivity index (χ0v) is 24.0. The third kappa shape index (κ3) is 12.1. The maximum absolute atomic E-state index is 10.7. The Bertz CT molecular complexity index is 1170. The summed E-state index contributed by atoms with van der Waals surface area (Å²) in [6.45, 7) is 4.38. The van der Waals surface area contributed by atoms with Crippen LogP contribution in [-0.2, 0) is 50.4 Å². The van der Waals surface area contributed by atoms with E-state index in [-0.39, 0.29) is 17.1 Å². The fourth-order valence-electron chi connectivity index (χ4n) is 4.37. The average Bonchev–Trinajstić information content (AvgIpc) is 3.48. The summed E-state index contributed by atoms with van der Waals surface area (Å²) in [4.78, 5) is 14.4. The summed E-state index contributed by atoms with van der Waals surface area (Å²) in [5, 5.41) is 0. The second-order valence-corrected chi connectivity index (χ2v) is 11.7. The molecule has 0 unspecified atom stereocenters. The number of alkyl halides is 6. The van der Waals surface area contributed by atoms with Gasteiger partial charge in [-0.15, -0.1) is 0 Å². The Morgan fingerprint density at radius 3 is 1.27 bits per heavy atom. The van der Waals surface area contributed by atoms with Crippen molar-refractivity contribution in [2.24, 2.45) is 0 Å². The Morgan fingerprint density at radius 2 is 1.02 bits per heavy atom. The van der Waals surface area contributed by atoms with Gasteiger partial charge >= 0.3 is 31.3 Å². The smallest absolute Gasteiger partial charge is 0.293 e. The molecule has 2 aromatic heterocycles. The zero-order valence-electron chi connectivity index (χ0n) is 21.2. The van der Waals surface area contributed by atoms with E-state index >= 15 is 0 Å². The Hall–Kier alpha value is -1.86. The van der Waals surface area contributed by atoms with E-state index in [4.69, 9.17) is 25.9 Å². The predicted octanol–water partition coefficient (Wildman–Crippen LogP) is 3.89. The van der Waals surface area contributed by atoms with Gasteiger partial charge in [0.25, 0.3) is 0 Å². The van der Waals surface area contributed by atoms with Crippen LogP contribution in [0.25, 0.3) is 0 Å². The summed E-state index contributed by atoms with van der Waals surface area (Å²) < 4.78 is 115. The Morgan fingerprint density at radius 1 is 0.707 bits per heavy atom. The molecule has 2 N–H and O–H groups in total. The number of likely N-dealkylation sites (tertiary alicyclic amines) is 2. The summed E-state index contributed by atoms with van der Waals surface area (Å²) in [5.41, 5.74) is -8.68. The topological polar surface area (TPSA) is 141 Å². The number of hydrogen-bond acceptors (Lipinski definition) is 8. The van der Waals surface area contributed by atoms with Crippen molar-refractivity contribution < 1.29 is 69.4 Å². The van der Waals surface area contributed by atoms with Gasteiger partial charge in [-0.3, -0.25) is 28.9 Å². The molecule has 0 aliphatic carbocycles. The van der Waals surface area contributed by atoms with E-state index in [0.717, 1.165) is 13.1 Å². The first-order valence-electron chi connectivity index (χ1n) is 11.8. The number of halogens is 6. The standard InChI is InChI=1S/C20H26N4.2CHF3O3S.Mn/c1-3-11-21-17(7-1)15-23-13-5-9-19(23)20-10-6-14-24(20)16-18-8-2-4-12-22-18;2*2-1(3,4)8(5,6)7;/h1-4,7-8,11-12,19-20H,5-6,9-10,13-16H2;2*(H,5,6,7);/t19-,20-;;;/m0.../s1. The molecule has 0 amide bonds. The van der Waals surface area contributed by atoms with Crippen molar-refractivity contribution in [3.63, 3.8) is 0 Å². The van der Waals surface area contributed by atoms with Crippen LogP contribution in [0.4, 0.5) is 26.3 Å². The molecule has 41 heavy (non-hydrogen) atoms. The van der Waals surface area contributed by atoms with Crippen molar-refractivity contribution in [1.82, 2.24) is 19.8 Å². The van der Waals surface area contributed by atoms with Crippen molar-refractivity contribution in [2.75, 3.05) is 13.1 Å². The average molecular weight is 678 g/mol. The molecule has 1 radical (unpaired) electrons. The molecule has 19 heteroatoms. The van der Waals surface area contributed by atoms with Crippen LogP contribution in [0.1, 0.15) is 37.1 Å². The van der Waals surface area contributed by atoms with E-state index in [9.17, 15) is 26.3 Å². The molecule has 2 fully saturated rings. The first-order valence-corrected chi connectivity index (χ1v) is 14.6. The molecule has 10 nitrogen and oxygen atoms in total. The Labute approximate surface area is 244 Å². The van der Waals surface area contributed by atoms with Crippen molar-refractivity contribution in [2.45, 2.75) is 61.9 Å². The minimum Gasteiger partial charge on any atom is -0.293 e. The van der Waals surface area contributed by atoms with Crippen molar-refractivity contribution in [1.29, 1.82) is 0 Å². The first kappa shape index (κ1) is 37.2. The van der Waals surface area contributed by atoms with Crippen LogP contribution >= 0.6 is 0 Å². The zero-order chi connectivity index (χ0) is 30.2. The molecule has 2 aliphatic rings. The van der Waals surface area contributed by atoms with Crippen LogP contribution in [0.2, 0.25) is 0 Å². The van der Waals surface area contributed by atoms with Gasteiger partial charge in [0, 0.05) is 54.6 Å². The summed E-state index contributed by atoms with van der Waals surface area (Å²) in [6.07, 6.45) is 9.07. The van der Waals surface area contributed by atoms with E-state index in [1.165, 1.54) is 50.2 Å². The van der Waals surface area contributed by atoms with Crippen molar-refractivity contribution >= 4 is 20.2 Å². The predicted molar refractivity (Wildman–Crippen MR) is 131 cm³/mol. The number of nitrogens with zero attached hydrogens (tertiary/aromatic N) is 4. The maximum Gasteiger partial charge on any atom is 0.522 e. The Kier molecular flexibility index (Phi) is 14.1. The monoisotopic (exact) mass is 677 g/mol. The van der Waals surface area contributed by atoms with Gasteiger partial charge in [-0.25, -0.2) is 0 Å². The van der Waals surface area contributed by atoms with Gasteiger partial charge in [-0.1, -0.05) is 12.1 Å². The molecule has 2 atom stereocenters. The Balaban J connectivity index is 0.000000413. The van der Waals surface area contributed by atoms with Crippen LogP contribution in [0.5, 0.6) is 0 Å². The summed E-state index contributed by atoms with van der Waals surface area (Å²) in [5.74, 6) is 0. The number of rotatable bonds is 5. The van der Waals surface area contributed by atoms with Crippen LogP contribution in [0, 0.1) is 0 Å². The summed E-state index contributed by atoms with van der Waals surface area (Å²) in [7, 11) is -11.7. The van der Waals surface area contributed by atoms with Gasteiger partial charge in [0.1, 0.15) is 0 Å². The molecule has 2 saturated heterocycles. The second kappa shape index (κ2) is 15.6.